The summed E-state index contributed by atoms with van der Waals surface area (Å²) in [5, 5.41) is 2.75. The molecule has 0 aliphatic carbocycles. The number of carbonyl (C=O) groups is 2. The van der Waals surface area contributed by atoms with Gasteiger partial charge in [0, 0.05) is 23.5 Å². The van der Waals surface area contributed by atoms with Crippen LogP contribution in [0.3, 0.4) is 0 Å². The highest BCUT2D eigenvalue weighted by Crippen LogP contribution is 2.23. The number of hydrogen-bond donors (Lipinski definition) is 1. The molecular formula is C15H18BrFN2O2. The van der Waals surface area contributed by atoms with E-state index < -0.39 is 6.04 Å². The van der Waals surface area contributed by atoms with E-state index in [1.54, 1.807) is 11.0 Å². The van der Waals surface area contributed by atoms with Gasteiger partial charge in [0.15, 0.2) is 0 Å². The van der Waals surface area contributed by atoms with Crippen molar-refractivity contribution in [2.24, 2.45) is 0 Å². The Morgan fingerprint density at radius 1 is 1.43 bits per heavy atom. The van der Waals surface area contributed by atoms with E-state index in [1.807, 2.05) is 13.8 Å². The summed E-state index contributed by atoms with van der Waals surface area (Å²) in [6.45, 7) is 4.07. The summed E-state index contributed by atoms with van der Waals surface area (Å²) in [7, 11) is 0. The summed E-state index contributed by atoms with van der Waals surface area (Å²) < 4.78 is 13.8. The van der Waals surface area contributed by atoms with Crippen LogP contribution in [0.25, 0.3) is 0 Å². The zero-order valence-corrected chi connectivity index (χ0v) is 13.6. The molecule has 6 heteroatoms. The van der Waals surface area contributed by atoms with Gasteiger partial charge in [0.05, 0.1) is 0 Å². The van der Waals surface area contributed by atoms with Crippen molar-refractivity contribution in [2.75, 3.05) is 0 Å². The molecule has 2 unspecified atom stereocenters. The number of hydrogen-bond acceptors (Lipinski definition) is 2. The number of benzene rings is 1. The second kappa shape index (κ2) is 6.56. The lowest BCUT2D eigenvalue weighted by molar-refractivity contribution is -0.135. The highest BCUT2D eigenvalue weighted by atomic mass is 79.9. The topological polar surface area (TPSA) is 49.4 Å². The molecule has 4 nitrogen and oxygen atoms in total. The minimum Gasteiger partial charge on any atom is -0.344 e. The molecule has 0 spiro atoms. The van der Waals surface area contributed by atoms with Crippen LogP contribution in [-0.2, 0) is 16.1 Å². The molecule has 1 fully saturated rings. The molecule has 21 heavy (non-hydrogen) atoms. The van der Waals surface area contributed by atoms with Crippen molar-refractivity contribution in [1.82, 2.24) is 10.2 Å². The molecule has 1 aromatic rings. The first kappa shape index (κ1) is 15.9. The Bertz CT molecular complexity index is 565. The molecule has 114 valence electrons. The number of amides is 2. The standard InChI is InChI=1S/C15H18BrFN2O2/c1-3-13-15(21)19(9(2)6-14(20)18-13)8-10-4-5-11(17)7-12(10)16/h4-5,7,9,13H,3,6,8H2,1-2H3,(H,18,20). The molecule has 1 aliphatic rings. The van der Waals surface area contributed by atoms with Gasteiger partial charge in [-0.3, -0.25) is 9.59 Å². The predicted molar refractivity (Wildman–Crippen MR) is 81.0 cm³/mol. The predicted octanol–water partition coefficient (Wildman–Crippen LogP) is 2.60. The molecule has 1 heterocycles. The zero-order valence-electron chi connectivity index (χ0n) is 12.0. The second-order valence-electron chi connectivity index (χ2n) is 5.28. The van der Waals surface area contributed by atoms with E-state index in [0.717, 1.165) is 5.56 Å². The lowest BCUT2D eigenvalue weighted by Crippen LogP contribution is -2.45. The SMILES string of the molecule is CCC1NC(=O)CC(C)N(Cc2ccc(F)cc2Br)C1=O. The molecular weight excluding hydrogens is 339 g/mol. The summed E-state index contributed by atoms with van der Waals surface area (Å²) in [6, 6.07) is 3.73. The van der Waals surface area contributed by atoms with E-state index in [9.17, 15) is 14.0 Å². The molecule has 0 aromatic heterocycles. The summed E-state index contributed by atoms with van der Waals surface area (Å²) in [5.41, 5.74) is 0.820. The van der Waals surface area contributed by atoms with Gasteiger partial charge in [-0.25, -0.2) is 4.39 Å². The van der Waals surface area contributed by atoms with Gasteiger partial charge in [-0.2, -0.15) is 0 Å². The highest BCUT2D eigenvalue weighted by Gasteiger charge is 2.33. The van der Waals surface area contributed by atoms with Gasteiger partial charge in [0.2, 0.25) is 11.8 Å². The van der Waals surface area contributed by atoms with E-state index in [-0.39, 0.29) is 30.1 Å². The number of nitrogens with zero attached hydrogens (tertiary/aromatic N) is 1. The quantitative estimate of drug-likeness (QED) is 0.904. The van der Waals surface area contributed by atoms with E-state index >= 15 is 0 Å². The molecule has 1 N–H and O–H groups in total. The second-order valence-corrected chi connectivity index (χ2v) is 6.14. The summed E-state index contributed by atoms with van der Waals surface area (Å²) in [5.74, 6) is -0.528. The van der Waals surface area contributed by atoms with E-state index in [2.05, 4.69) is 21.2 Å². The van der Waals surface area contributed by atoms with Crippen molar-refractivity contribution in [1.29, 1.82) is 0 Å². The van der Waals surface area contributed by atoms with Crippen molar-refractivity contribution in [3.8, 4) is 0 Å². The molecule has 2 atom stereocenters. The Labute approximate surface area is 131 Å². The smallest absolute Gasteiger partial charge is 0.245 e. The molecule has 1 saturated heterocycles. The van der Waals surface area contributed by atoms with Crippen molar-refractivity contribution in [2.45, 2.75) is 45.3 Å². The molecule has 0 radical (unpaired) electrons. The van der Waals surface area contributed by atoms with Crippen LogP contribution >= 0.6 is 15.9 Å². The lowest BCUT2D eigenvalue weighted by Gasteiger charge is -2.29. The average Bonchev–Trinajstić information content (AvgIpc) is 2.52. The first-order valence-electron chi connectivity index (χ1n) is 6.96. The van der Waals surface area contributed by atoms with Gasteiger partial charge in [-0.15, -0.1) is 0 Å². The van der Waals surface area contributed by atoms with E-state index in [1.165, 1.54) is 12.1 Å². The number of halogens is 2. The number of carbonyl (C=O) groups excluding carboxylic acids is 2. The molecule has 2 amide bonds. The van der Waals surface area contributed by atoms with Crippen molar-refractivity contribution in [3.63, 3.8) is 0 Å². The van der Waals surface area contributed by atoms with Crippen LogP contribution in [0.5, 0.6) is 0 Å². The normalized spacial score (nSPS) is 23.0. The van der Waals surface area contributed by atoms with Gasteiger partial charge >= 0.3 is 0 Å². The molecule has 1 aliphatic heterocycles. The Hall–Kier alpha value is -1.43. The van der Waals surface area contributed by atoms with Crippen LogP contribution in [0.1, 0.15) is 32.3 Å². The third-order valence-electron chi connectivity index (χ3n) is 3.69. The fraction of sp³-hybridized carbons (Fsp3) is 0.467. The Kier molecular flexibility index (Phi) is 4.98. The maximum absolute atomic E-state index is 13.1. The monoisotopic (exact) mass is 356 g/mol. The van der Waals surface area contributed by atoms with Gasteiger partial charge in [0.25, 0.3) is 0 Å². The first-order valence-corrected chi connectivity index (χ1v) is 7.75. The zero-order chi connectivity index (χ0) is 15.6. The largest absolute Gasteiger partial charge is 0.344 e. The highest BCUT2D eigenvalue weighted by molar-refractivity contribution is 9.10. The fourth-order valence-electron chi connectivity index (χ4n) is 2.45. The molecule has 2 rings (SSSR count). The van der Waals surface area contributed by atoms with E-state index in [4.69, 9.17) is 0 Å². The molecule has 0 saturated carbocycles. The number of nitrogens with one attached hydrogen (secondary N) is 1. The molecule has 1 aromatic carbocycles. The van der Waals surface area contributed by atoms with Crippen molar-refractivity contribution in [3.05, 3.63) is 34.1 Å². The van der Waals surface area contributed by atoms with Crippen LogP contribution in [0.15, 0.2) is 22.7 Å². The van der Waals surface area contributed by atoms with Crippen LogP contribution in [0, 0.1) is 5.82 Å². The van der Waals surface area contributed by atoms with Crippen LogP contribution in [-0.4, -0.2) is 28.8 Å². The third-order valence-corrected chi connectivity index (χ3v) is 4.43. The van der Waals surface area contributed by atoms with Gasteiger partial charge in [-0.05, 0) is 31.0 Å². The van der Waals surface area contributed by atoms with Gasteiger partial charge < -0.3 is 10.2 Å². The van der Waals surface area contributed by atoms with Crippen molar-refractivity contribution >= 4 is 27.7 Å². The summed E-state index contributed by atoms with van der Waals surface area (Å²) in [6.07, 6.45) is 0.833. The Morgan fingerprint density at radius 3 is 2.76 bits per heavy atom. The summed E-state index contributed by atoms with van der Waals surface area (Å²) in [4.78, 5) is 26.0. The minimum absolute atomic E-state index is 0.0907. The fourth-order valence-corrected chi connectivity index (χ4v) is 2.93. The maximum atomic E-state index is 13.1. The van der Waals surface area contributed by atoms with Crippen LogP contribution in [0.2, 0.25) is 0 Å². The van der Waals surface area contributed by atoms with Gasteiger partial charge in [-0.1, -0.05) is 28.9 Å². The summed E-state index contributed by atoms with van der Waals surface area (Å²) >= 11 is 3.32. The Balaban J connectivity index is 2.26. The van der Waals surface area contributed by atoms with E-state index in [0.29, 0.717) is 17.4 Å². The average molecular weight is 357 g/mol. The third kappa shape index (κ3) is 3.61. The Morgan fingerprint density at radius 2 is 2.14 bits per heavy atom. The number of rotatable bonds is 3. The van der Waals surface area contributed by atoms with Gasteiger partial charge in [0.1, 0.15) is 11.9 Å². The van der Waals surface area contributed by atoms with Crippen LogP contribution < -0.4 is 5.32 Å². The van der Waals surface area contributed by atoms with Crippen LogP contribution in [0.4, 0.5) is 4.39 Å². The minimum atomic E-state index is -0.485. The van der Waals surface area contributed by atoms with Crippen molar-refractivity contribution < 1.29 is 14.0 Å². The lowest BCUT2D eigenvalue weighted by atomic mass is 10.1. The maximum Gasteiger partial charge on any atom is 0.245 e. The molecule has 0 bridgehead atoms. The first-order chi connectivity index (χ1) is 9.92.